The number of anilines is 2. The molecule has 0 aliphatic carbocycles. The van der Waals surface area contributed by atoms with Crippen LogP contribution in [0.3, 0.4) is 0 Å². The Morgan fingerprint density at radius 3 is 1.38 bits per heavy atom. The van der Waals surface area contributed by atoms with Gasteiger partial charge in [-0.1, -0.05) is 108 Å². The number of hydrogen-bond donors (Lipinski definition) is 6. The van der Waals surface area contributed by atoms with E-state index in [9.17, 15) is 51.9 Å². The van der Waals surface area contributed by atoms with Crippen molar-refractivity contribution in [2.45, 2.75) is 78.9 Å². The number of carbonyl (C=O) groups excluding carboxylic acids is 3. The Hall–Kier alpha value is -12.8. The Labute approximate surface area is 546 Å². The molecule has 23 nitrogen and oxygen atoms in total. The van der Waals surface area contributed by atoms with Crippen molar-refractivity contribution in [2.24, 2.45) is 0 Å². The van der Waals surface area contributed by atoms with Crippen LogP contribution in [0.2, 0.25) is 0 Å². The number of nitriles is 3. The summed E-state index contributed by atoms with van der Waals surface area (Å²) in [6.45, 7) is 10.5. The number of allylic oxidation sites excluding steroid dienone is 3. The Morgan fingerprint density at radius 1 is 0.542 bits per heavy atom. The number of nitrogens with one attached hydrogen (secondary N) is 5. The van der Waals surface area contributed by atoms with Gasteiger partial charge in [-0.2, -0.15) is 24.6 Å². The lowest BCUT2D eigenvalue weighted by molar-refractivity contribution is 0.101. The lowest BCUT2D eigenvalue weighted by Gasteiger charge is -2.18. The molecule has 0 saturated carbocycles. The predicted molar refractivity (Wildman–Crippen MR) is 357 cm³/mol. The Morgan fingerprint density at radius 2 is 0.958 bits per heavy atom. The van der Waals surface area contributed by atoms with E-state index in [4.69, 9.17) is 26.3 Å². The number of aromatic nitrogens is 8. The zero-order chi connectivity index (χ0) is 69.9. The van der Waals surface area contributed by atoms with Gasteiger partial charge in [0.2, 0.25) is 29.2 Å². The number of H-pyrrole nitrogens is 4. The summed E-state index contributed by atoms with van der Waals surface area (Å²) in [4.78, 5) is 131. The molecule has 0 aliphatic rings. The van der Waals surface area contributed by atoms with Crippen LogP contribution in [0, 0.1) is 45.9 Å². The van der Waals surface area contributed by atoms with E-state index in [2.05, 4.69) is 35.2 Å². The van der Waals surface area contributed by atoms with Gasteiger partial charge < -0.3 is 20.8 Å². The fourth-order valence-electron chi connectivity index (χ4n) is 10.1. The highest BCUT2D eigenvalue weighted by Gasteiger charge is 2.28. The Balaban J connectivity index is 0.000000212. The van der Waals surface area contributed by atoms with Gasteiger partial charge in [-0.3, -0.25) is 52.9 Å². The lowest BCUT2D eigenvalue weighted by Crippen LogP contribution is -2.38. The Bertz CT molecular complexity index is 5030. The minimum atomic E-state index is -0.827. The first kappa shape index (κ1) is 70.6. The molecule has 0 bridgehead atoms. The smallest absolute Gasteiger partial charge is 0.329 e. The highest BCUT2D eigenvalue weighted by molar-refractivity contribution is 6.10. The number of pyridine rings is 2. The number of ether oxygens (including phenoxy) is 1. The molecule has 5 aromatic heterocycles. The van der Waals surface area contributed by atoms with E-state index in [1.54, 1.807) is 140 Å². The molecule has 0 unspecified atom stereocenters. The molecule has 0 atom stereocenters. The molecule has 7 N–H and O–H groups in total. The van der Waals surface area contributed by atoms with Crippen LogP contribution in [0.4, 0.5) is 20.4 Å². The number of hydrogen-bond acceptors (Lipinski definition) is 17. The van der Waals surface area contributed by atoms with Crippen molar-refractivity contribution < 1.29 is 27.9 Å². The molecule has 96 heavy (non-hydrogen) atoms. The van der Waals surface area contributed by atoms with Crippen molar-refractivity contribution >= 4 is 47.2 Å². The number of nitrogen functional groups attached to an aromatic ring is 1. The second-order valence-electron chi connectivity index (χ2n) is 22.2. The predicted octanol–water partition coefficient (Wildman–Crippen LogP) is 9.18. The van der Waals surface area contributed by atoms with Crippen LogP contribution in [0.15, 0.2) is 168 Å². The van der Waals surface area contributed by atoms with Gasteiger partial charge >= 0.3 is 17.1 Å². The second-order valence-corrected chi connectivity index (χ2v) is 22.2. The summed E-state index contributed by atoms with van der Waals surface area (Å²) in [6.07, 6.45) is 8.51. The van der Waals surface area contributed by atoms with Gasteiger partial charge in [0.15, 0.2) is 0 Å². The highest BCUT2D eigenvalue weighted by atomic mass is 19.1. The van der Waals surface area contributed by atoms with E-state index in [0.717, 1.165) is 20.8 Å². The minimum Gasteiger partial charge on any atom is -0.497 e. The van der Waals surface area contributed by atoms with Crippen molar-refractivity contribution in [3.05, 3.63) is 298 Å². The third-order valence-electron chi connectivity index (χ3n) is 14.4. The number of halogens is 2. The van der Waals surface area contributed by atoms with Crippen LogP contribution in [-0.4, -0.2) is 63.5 Å². The van der Waals surface area contributed by atoms with Crippen molar-refractivity contribution in [2.75, 3.05) is 18.2 Å². The van der Waals surface area contributed by atoms with Gasteiger partial charge in [0, 0.05) is 58.2 Å². The molecule has 0 spiro atoms. The van der Waals surface area contributed by atoms with Crippen molar-refractivity contribution in [1.82, 2.24) is 39.0 Å². The van der Waals surface area contributed by atoms with Crippen LogP contribution in [0.25, 0.3) is 18.2 Å². The van der Waals surface area contributed by atoms with Crippen molar-refractivity contribution in [3.8, 4) is 24.0 Å². The van der Waals surface area contributed by atoms with Crippen LogP contribution >= 0.6 is 0 Å². The molecule has 0 aliphatic heterocycles. The van der Waals surface area contributed by atoms with Gasteiger partial charge in [0.1, 0.15) is 28.8 Å². The van der Waals surface area contributed by atoms with E-state index in [1.165, 1.54) is 36.4 Å². The molecular formula is C71H63F2N13O10. The van der Waals surface area contributed by atoms with E-state index in [0.29, 0.717) is 45.7 Å². The van der Waals surface area contributed by atoms with Gasteiger partial charge in [0.25, 0.3) is 16.7 Å². The minimum absolute atomic E-state index is 0.00448. The number of nitrogens with zero attached hydrogens (tertiary/aromatic N) is 7. The fourth-order valence-corrected chi connectivity index (χ4v) is 10.1. The number of carbonyl (C=O) groups is 3. The first-order valence-electron chi connectivity index (χ1n) is 29.5. The molecule has 486 valence electrons. The van der Waals surface area contributed by atoms with Gasteiger partial charge in [-0.05, 0) is 124 Å². The van der Waals surface area contributed by atoms with E-state index in [-0.39, 0.29) is 81.5 Å². The normalized spacial score (nSPS) is 11.0. The maximum Gasteiger partial charge on any atom is 0.329 e. The van der Waals surface area contributed by atoms with Gasteiger partial charge in [-0.25, -0.2) is 24.4 Å². The summed E-state index contributed by atoms with van der Waals surface area (Å²) >= 11 is 0. The number of methoxy groups -OCH3 is 1. The molecule has 9 aromatic rings. The van der Waals surface area contributed by atoms with Crippen LogP contribution in [-0.2, 0) is 19.6 Å². The van der Waals surface area contributed by atoms with E-state index in [1.807, 2.05) is 42.5 Å². The molecule has 0 amide bonds. The van der Waals surface area contributed by atoms with E-state index < -0.39 is 68.9 Å². The summed E-state index contributed by atoms with van der Waals surface area (Å²) in [5, 5.41) is 29.2. The van der Waals surface area contributed by atoms with Crippen molar-refractivity contribution in [3.63, 3.8) is 0 Å². The summed E-state index contributed by atoms with van der Waals surface area (Å²) < 4.78 is 35.7. The molecule has 0 fully saturated rings. The number of benzene rings is 4. The summed E-state index contributed by atoms with van der Waals surface area (Å²) in [6, 6.07) is 37.8. The average molecular weight is 1300 g/mol. The monoisotopic (exact) mass is 1300 g/mol. The largest absolute Gasteiger partial charge is 0.497 e. The zero-order valence-corrected chi connectivity index (χ0v) is 52.9. The molecule has 4 aromatic carbocycles. The fraction of sp³-hybridized carbons (Fsp3) is 0.183. The highest BCUT2D eigenvalue weighted by Crippen LogP contribution is 2.24. The summed E-state index contributed by atoms with van der Waals surface area (Å²) in [5.74, 6) is -3.27. The third kappa shape index (κ3) is 18.0. The van der Waals surface area contributed by atoms with Gasteiger partial charge in [-0.15, -0.1) is 0 Å². The quantitative estimate of drug-likeness (QED) is 0.0235. The number of nitrogens with two attached hydrogens (primary N) is 1. The SMILES string of the molecule is CC(C)c1c(C(=O)c2cccc(/C=C/C#N)c2)[nH]c(=O)[nH]c1=O.CC(C)c1c(C(=O)c2cccc(/C=C/C#N)c2)n(Cc2cc(N)nc(F)c2)c(=O)[nH]c1=O.COc1ccc(CNc2cc(Cn3c(C(=O)c4cccc(/C=C/C#N)c4)c(C(C)C)c(=O)[nH]c3=O)cc(F)n2)cc1. The molecular weight excluding hydrogens is 1230 g/mol. The van der Waals surface area contributed by atoms with E-state index >= 15 is 0 Å². The maximum absolute atomic E-state index is 14.6. The Kier molecular flexibility index (Phi) is 23.9. The molecule has 9 rings (SSSR count). The summed E-state index contributed by atoms with van der Waals surface area (Å²) in [5.41, 5.74) is 5.98. The number of aromatic amines is 4. The average Bonchev–Trinajstić information content (AvgIpc) is 0.780. The number of ketones is 3. The molecule has 0 radical (unpaired) electrons. The first-order valence-corrected chi connectivity index (χ1v) is 29.5. The summed E-state index contributed by atoms with van der Waals surface area (Å²) in [7, 11) is 1.58. The second kappa shape index (κ2) is 32.5. The maximum atomic E-state index is 14.6. The standard InChI is InChI=1S/C31H28FN5O4.C23H20FN5O3.C17H15N3O3/c1-19(2)27-28(29(38)23-8-4-6-20(14-23)7-5-13-33)37(31(40)36-30(27)39)18-22-15-25(32)35-26(16-22)34-17-21-9-11-24(41-3)12-10-21;1-13(2)19-20(21(30)16-7-3-5-14(9-16)6-4-8-25)29(23(32)28-22(19)31)12-15-10-17(24)27-18(26)11-15;1-10(2)13-14(19-17(23)20-16(13)22)15(21)12-7-3-5-11(9-12)6-4-8-18/h4-12,14-16,19H,17-18H2,1-3H3,(H,34,35)(H,36,39,40);3-7,9-11,13H,12H2,1-2H3,(H2,26,27)(H,28,31,32);3-7,9-10H,1-2H3,(H2,19,20,22,23)/b7-5+;2*6-4+. The topological polar surface area (TPSA) is 371 Å². The molecule has 0 saturated heterocycles. The van der Waals surface area contributed by atoms with Gasteiger partial charge in [0.05, 0.1) is 44.1 Å². The van der Waals surface area contributed by atoms with Crippen LogP contribution in [0.1, 0.15) is 158 Å². The lowest BCUT2D eigenvalue weighted by atomic mass is 9.96. The van der Waals surface area contributed by atoms with Crippen LogP contribution < -0.4 is 49.5 Å². The zero-order valence-electron chi connectivity index (χ0n) is 52.9. The van der Waals surface area contributed by atoms with Crippen molar-refractivity contribution in [1.29, 1.82) is 15.8 Å². The third-order valence-corrected chi connectivity index (χ3v) is 14.4. The molecule has 25 heteroatoms. The van der Waals surface area contributed by atoms with Crippen LogP contribution in [0.5, 0.6) is 5.75 Å². The molecule has 5 heterocycles. The first-order chi connectivity index (χ1) is 45.8. The number of rotatable bonds is 20.